The smallest absolute Gasteiger partial charge is 0.266 e. The highest BCUT2D eigenvalue weighted by Gasteiger charge is 2.25. The van der Waals surface area contributed by atoms with E-state index in [2.05, 4.69) is 20.6 Å². The van der Waals surface area contributed by atoms with Crippen molar-refractivity contribution in [2.75, 3.05) is 5.32 Å². The minimum Gasteiger partial charge on any atom is -0.358 e. The normalized spacial score (nSPS) is 16.4. The second kappa shape index (κ2) is 5.03. The van der Waals surface area contributed by atoms with E-state index >= 15 is 0 Å². The summed E-state index contributed by atoms with van der Waals surface area (Å²) in [5, 5.41) is 5.82. The molecule has 7 heteroatoms. The van der Waals surface area contributed by atoms with E-state index in [4.69, 9.17) is 0 Å². The molecule has 1 atom stereocenters. The van der Waals surface area contributed by atoms with E-state index in [0.29, 0.717) is 15.4 Å². The standard InChI is InChI=1S/C10H13IN4O2/c1-5(9(16)15-6-2-3-6)14-8-7(11)10(17)13-4-12-8/h4-6H,2-3H2,1H3,(H,15,16)(H2,12,13,14,17). The molecule has 1 aliphatic carbocycles. The predicted molar refractivity (Wildman–Crippen MR) is 71.8 cm³/mol. The fourth-order valence-electron chi connectivity index (χ4n) is 1.31. The number of carbonyl (C=O) groups excluding carboxylic acids is 1. The van der Waals surface area contributed by atoms with Gasteiger partial charge in [0.1, 0.15) is 15.4 Å². The lowest BCUT2D eigenvalue weighted by atomic mass is 10.3. The van der Waals surface area contributed by atoms with Crippen LogP contribution in [-0.4, -0.2) is 28.0 Å². The van der Waals surface area contributed by atoms with Crippen LogP contribution in [0.15, 0.2) is 11.1 Å². The van der Waals surface area contributed by atoms with Crippen LogP contribution in [0.3, 0.4) is 0 Å². The Kier molecular flexibility index (Phi) is 3.65. The molecule has 0 aliphatic heterocycles. The molecule has 0 bridgehead atoms. The SMILES string of the molecule is CC(Nc1nc[nH]c(=O)c1I)C(=O)NC1CC1. The number of anilines is 1. The molecule has 2 rings (SSSR count). The van der Waals surface area contributed by atoms with Crippen molar-refractivity contribution in [1.82, 2.24) is 15.3 Å². The lowest BCUT2D eigenvalue weighted by molar-refractivity contribution is -0.121. The van der Waals surface area contributed by atoms with Crippen molar-refractivity contribution in [3.63, 3.8) is 0 Å². The summed E-state index contributed by atoms with van der Waals surface area (Å²) in [4.78, 5) is 29.5. The van der Waals surface area contributed by atoms with Crippen LogP contribution in [0, 0.1) is 3.57 Å². The minimum atomic E-state index is -0.404. The minimum absolute atomic E-state index is 0.0645. The van der Waals surface area contributed by atoms with Crippen molar-refractivity contribution in [2.24, 2.45) is 0 Å². The number of hydrogen-bond donors (Lipinski definition) is 3. The van der Waals surface area contributed by atoms with Crippen molar-refractivity contribution in [1.29, 1.82) is 0 Å². The topological polar surface area (TPSA) is 86.9 Å². The van der Waals surface area contributed by atoms with Crippen LogP contribution >= 0.6 is 22.6 Å². The molecule has 0 spiro atoms. The fraction of sp³-hybridized carbons (Fsp3) is 0.500. The Hall–Kier alpha value is -1.12. The Morgan fingerprint density at radius 3 is 3.00 bits per heavy atom. The molecule has 0 saturated heterocycles. The maximum Gasteiger partial charge on any atom is 0.266 e. The lowest BCUT2D eigenvalue weighted by Crippen LogP contribution is -2.39. The van der Waals surface area contributed by atoms with E-state index in [-0.39, 0.29) is 11.5 Å². The summed E-state index contributed by atoms with van der Waals surface area (Å²) in [5.74, 6) is 0.373. The van der Waals surface area contributed by atoms with E-state index in [0.717, 1.165) is 12.8 Å². The second-order valence-electron chi connectivity index (χ2n) is 4.04. The molecule has 1 aromatic rings. The van der Waals surface area contributed by atoms with Crippen molar-refractivity contribution in [2.45, 2.75) is 31.8 Å². The first-order chi connectivity index (χ1) is 8.08. The highest BCUT2D eigenvalue weighted by Crippen LogP contribution is 2.19. The average Bonchev–Trinajstić information content (AvgIpc) is 3.08. The van der Waals surface area contributed by atoms with Gasteiger partial charge in [0, 0.05) is 6.04 Å². The zero-order valence-electron chi connectivity index (χ0n) is 9.29. The largest absolute Gasteiger partial charge is 0.358 e. The number of aromatic amines is 1. The summed E-state index contributed by atoms with van der Waals surface area (Å²) in [6.07, 6.45) is 3.43. The quantitative estimate of drug-likeness (QED) is 0.690. The molecule has 0 radical (unpaired) electrons. The lowest BCUT2D eigenvalue weighted by Gasteiger charge is -2.14. The van der Waals surface area contributed by atoms with E-state index in [1.807, 2.05) is 22.6 Å². The molecule has 0 aromatic carbocycles. The maximum atomic E-state index is 11.7. The van der Waals surface area contributed by atoms with E-state index < -0.39 is 6.04 Å². The predicted octanol–water partition coefficient (Wildman–Crippen LogP) is 0.453. The van der Waals surface area contributed by atoms with Gasteiger partial charge in [0.2, 0.25) is 5.91 Å². The molecular formula is C10H13IN4O2. The Balaban J connectivity index is 2.01. The first kappa shape index (κ1) is 12.3. The van der Waals surface area contributed by atoms with Gasteiger partial charge in [-0.3, -0.25) is 9.59 Å². The van der Waals surface area contributed by atoms with Crippen LogP contribution < -0.4 is 16.2 Å². The Bertz CT molecular complexity index is 483. The number of carbonyl (C=O) groups is 1. The molecule has 17 heavy (non-hydrogen) atoms. The van der Waals surface area contributed by atoms with Gasteiger partial charge >= 0.3 is 0 Å². The summed E-state index contributed by atoms with van der Waals surface area (Å²) < 4.78 is 0.455. The molecule has 1 fully saturated rings. The van der Waals surface area contributed by atoms with Crippen LogP contribution in [0.25, 0.3) is 0 Å². The van der Waals surface area contributed by atoms with E-state index in [9.17, 15) is 9.59 Å². The highest BCUT2D eigenvalue weighted by molar-refractivity contribution is 14.1. The van der Waals surface area contributed by atoms with Gasteiger partial charge in [0.25, 0.3) is 5.56 Å². The van der Waals surface area contributed by atoms with Crippen molar-refractivity contribution < 1.29 is 4.79 Å². The van der Waals surface area contributed by atoms with Gasteiger partial charge in [-0.2, -0.15) is 0 Å². The van der Waals surface area contributed by atoms with E-state index in [1.54, 1.807) is 6.92 Å². The van der Waals surface area contributed by atoms with Gasteiger partial charge < -0.3 is 15.6 Å². The van der Waals surface area contributed by atoms with Crippen molar-refractivity contribution >= 4 is 34.3 Å². The third-order valence-corrected chi connectivity index (χ3v) is 3.47. The Morgan fingerprint density at radius 1 is 1.65 bits per heavy atom. The number of halogens is 1. The van der Waals surface area contributed by atoms with Crippen LogP contribution in [-0.2, 0) is 4.79 Å². The molecule has 1 amide bonds. The number of nitrogens with zero attached hydrogens (tertiary/aromatic N) is 1. The average molecular weight is 348 g/mol. The molecule has 1 unspecified atom stereocenters. The highest BCUT2D eigenvalue weighted by atomic mass is 127. The second-order valence-corrected chi connectivity index (χ2v) is 5.12. The van der Waals surface area contributed by atoms with Gasteiger partial charge in [-0.1, -0.05) is 0 Å². The van der Waals surface area contributed by atoms with Gasteiger partial charge in [-0.25, -0.2) is 4.98 Å². The van der Waals surface area contributed by atoms with Crippen LogP contribution in [0.1, 0.15) is 19.8 Å². The Morgan fingerprint density at radius 2 is 2.35 bits per heavy atom. The van der Waals surface area contributed by atoms with Crippen LogP contribution in [0.4, 0.5) is 5.82 Å². The third-order valence-electron chi connectivity index (χ3n) is 2.47. The molecule has 92 valence electrons. The van der Waals surface area contributed by atoms with Gasteiger partial charge in [-0.05, 0) is 42.4 Å². The van der Waals surface area contributed by atoms with Crippen LogP contribution in [0.5, 0.6) is 0 Å². The summed E-state index contributed by atoms with van der Waals surface area (Å²) in [6, 6.07) is -0.0728. The first-order valence-electron chi connectivity index (χ1n) is 5.38. The number of nitrogens with one attached hydrogen (secondary N) is 3. The molecule has 6 nitrogen and oxygen atoms in total. The third kappa shape index (κ3) is 3.18. The number of aromatic nitrogens is 2. The Labute approximate surface area is 112 Å². The molecule has 3 N–H and O–H groups in total. The summed E-state index contributed by atoms with van der Waals surface area (Å²) in [7, 11) is 0. The molecule has 1 heterocycles. The molecule has 1 aromatic heterocycles. The molecule has 1 saturated carbocycles. The zero-order chi connectivity index (χ0) is 12.4. The molecular weight excluding hydrogens is 335 g/mol. The van der Waals surface area contributed by atoms with Crippen LogP contribution in [0.2, 0.25) is 0 Å². The number of H-pyrrole nitrogens is 1. The summed E-state index contributed by atoms with van der Waals surface area (Å²) in [6.45, 7) is 1.75. The zero-order valence-corrected chi connectivity index (χ0v) is 11.4. The number of hydrogen-bond acceptors (Lipinski definition) is 4. The van der Waals surface area contributed by atoms with Crippen molar-refractivity contribution in [3.05, 3.63) is 20.3 Å². The molecule has 1 aliphatic rings. The van der Waals surface area contributed by atoms with Crippen molar-refractivity contribution in [3.8, 4) is 0 Å². The first-order valence-corrected chi connectivity index (χ1v) is 6.46. The van der Waals surface area contributed by atoms with E-state index in [1.165, 1.54) is 6.33 Å². The van der Waals surface area contributed by atoms with Gasteiger partial charge in [0.05, 0.1) is 6.33 Å². The monoisotopic (exact) mass is 348 g/mol. The van der Waals surface area contributed by atoms with Gasteiger partial charge in [0.15, 0.2) is 0 Å². The number of amides is 1. The summed E-state index contributed by atoms with van der Waals surface area (Å²) in [5.41, 5.74) is -0.210. The van der Waals surface area contributed by atoms with Gasteiger partial charge in [-0.15, -0.1) is 0 Å². The maximum absolute atomic E-state index is 11.7. The fourth-order valence-corrected chi connectivity index (χ4v) is 1.76. The summed E-state index contributed by atoms with van der Waals surface area (Å²) >= 11 is 1.90. The number of rotatable bonds is 4.